The van der Waals surface area contributed by atoms with Crippen LogP contribution in [0.4, 0.5) is 0 Å². The second-order valence-corrected chi connectivity index (χ2v) is 16.3. The van der Waals surface area contributed by atoms with Crippen LogP contribution < -0.4 is 18.9 Å². The van der Waals surface area contributed by atoms with E-state index in [0.717, 1.165) is 48.3 Å². The fraction of sp³-hybridized carbons (Fsp3) is 0.682. The number of thiophene rings is 1. The Morgan fingerprint density at radius 1 is 0.509 bits per heavy atom. The van der Waals surface area contributed by atoms with Gasteiger partial charge < -0.3 is 38.3 Å². The summed E-state index contributed by atoms with van der Waals surface area (Å²) in [6, 6.07) is 3.99. The quantitative estimate of drug-likeness (QED) is 0.0772. The Morgan fingerprint density at radius 2 is 0.818 bits per heavy atom. The first-order valence-corrected chi connectivity index (χ1v) is 22.4. The molecular weight excluding hydrogens is 717 g/mol. The van der Waals surface area contributed by atoms with Gasteiger partial charge in [-0.25, -0.2) is 9.59 Å². The topological polar surface area (TPSA) is 121 Å². The number of fused-ring (bicyclic) bond motifs is 2. The molecule has 0 spiro atoms. The number of hydrogen-bond acceptors (Lipinski definition) is 7. The van der Waals surface area contributed by atoms with Crippen molar-refractivity contribution in [2.45, 2.75) is 168 Å². The van der Waals surface area contributed by atoms with Crippen molar-refractivity contribution in [3.8, 4) is 44.1 Å². The van der Waals surface area contributed by atoms with Gasteiger partial charge in [-0.1, -0.05) is 129 Å². The summed E-state index contributed by atoms with van der Waals surface area (Å²) in [7, 11) is 0. The van der Waals surface area contributed by atoms with Crippen molar-refractivity contribution in [1.29, 1.82) is 0 Å². The van der Waals surface area contributed by atoms with Crippen LogP contribution in [-0.2, 0) is 13.1 Å². The first-order valence-electron chi connectivity index (χ1n) is 21.6. The molecule has 0 bridgehead atoms. The molecule has 0 fully saturated rings. The van der Waals surface area contributed by atoms with Crippen LogP contribution in [0.15, 0.2) is 12.1 Å². The molecular formula is C44H66N2O8S. The zero-order valence-electron chi connectivity index (χ0n) is 33.6. The standard InChI is InChI=1S/C44H66N2O8S/c1-3-5-7-9-11-13-15-17-19-21-27-45-35(39-41(37(45)43(47)48)53-31-23-29-51-39)33-25-26-34(55-33)36-40-42(54-32-24-30-52-40)38(44(49)50)46(36)28-22-20-18-16-14-12-10-8-6-4-2/h25-26H,3-24,27-32H2,1-2H3,(H,47,48)(H,49,50). The van der Waals surface area contributed by atoms with Crippen molar-refractivity contribution in [3.63, 3.8) is 0 Å². The van der Waals surface area contributed by atoms with E-state index in [-0.39, 0.29) is 11.4 Å². The third-order valence-corrected chi connectivity index (χ3v) is 12.0. The van der Waals surface area contributed by atoms with Crippen molar-refractivity contribution in [2.24, 2.45) is 0 Å². The first-order chi connectivity index (χ1) is 27.0. The number of carbonyl (C=O) groups is 2. The summed E-state index contributed by atoms with van der Waals surface area (Å²) in [5.74, 6) is -0.537. The van der Waals surface area contributed by atoms with Gasteiger partial charge in [-0.3, -0.25) is 0 Å². The van der Waals surface area contributed by atoms with Crippen molar-refractivity contribution in [3.05, 3.63) is 23.5 Å². The van der Waals surface area contributed by atoms with Gasteiger partial charge in [0.25, 0.3) is 0 Å². The third-order valence-electron chi connectivity index (χ3n) is 10.9. The molecule has 11 heteroatoms. The Labute approximate surface area is 332 Å². The van der Waals surface area contributed by atoms with Gasteiger partial charge in [-0.15, -0.1) is 11.3 Å². The minimum Gasteiger partial charge on any atom is -0.487 e. The number of rotatable bonds is 26. The Kier molecular flexibility index (Phi) is 17.7. The number of nitrogens with zero attached hydrogens (tertiary/aromatic N) is 2. The second-order valence-electron chi connectivity index (χ2n) is 15.3. The number of unbranched alkanes of at least 4 members (excludes halogenated alkanes) is 18. The number of carboxylic acid groups (broad SMARTS) is 2. The van der Waals surface area contributed by atoms with Gasteiger partial charge in [0, 0.05) is 25.9 Å². The third kappa shape index (κ3) is 11.5. The molecule has 0 saturated carbocycles. The molecule has 2 aliphatic rings. The Balaban J connectivity index is 1.39. The molecule has 306 valence electrons. The molecule has 5 rings (SSSR count). The molecule has 10 nitrogen and oxygen atoms in total. The molecule has 0 unspecified atom stereocenters. The lowest BCUT2D eigenvalue weighted by molar-refractivity contribution is 0.0669. The first kappa shape index (κ1) is 42.5. The molecule has 3 aromatic rings. The van der Waals surface area contributed by atoms with E-state index in [1.54, 1.807) is 0 Å². The minimum absolute atomic E-state index is 0.126. The lowest BCUT2D eigenvalue weighted by atomic mass is 10.1. The average molecular weight is 783 g/mol. The summed E-state index contributed by atoms with van der Waals surface area (Å²) in [6.45, 7) is 7.19. The van der Waals surface area contributed by atoms with E-state index in [1.165, 1.54) is 101 Å². The lowest BCUT2D eigenvalue weighted by Gasteiger charge is -2.13. The van der Waals surface area contributed by atoms with Gasteiger partial charge in [-0.2, -0.15) is 0 Å². The van der Waals surface area contributed by atoms with Gasteiger partial charge in [0.15, 0.2) is 34.4 Å². The fourth-order valence-corrected chi connectivity index (χ4v) is 9.07. The second kappa shape index (κ2) is 22.8. The summed E-state index contributed by atoms with van der Waals surface area (Å²) < 4.78 is 28.5. The van der Waals surface area contributed by atoms with E-state index in [0.29, 0.717) is 86.7 Å². The molecule has 0 amide bonds. The SMILES string of the molecule is CCCCCCCCCCCCn1c(C(=O)O)c2c(c1-c1ccc(-c3c4c(c(C(=O)O)n3CCCCCCCCCCCC)OCCCO4)s1)OCCCO2. The van der Waals surface area contributed by atoms with Gasteiger partial charge in [0.1, 0.15) is 11.4 Å². The van der Waals surface area contributed by atoms with E-state index in [1.807, 2.05) is 21.3 Å². The molecule has 2 N–H and O–H groups in total. The largest absolute Gasteiger partial charge is 0.487 e. The number of aromatic nitrogens is 2. The van der Waals surface area contributed by atoms with Crippen molar-refractivity contribution < 1.29 is 38.7 Å². The molecule has 0 saturated heterocycles. The van der Waals surface area contributed by atoms with E-state index >= 15 is 0 Å². The molecule has 0 radical (unpaired) electrons. The summed E-state index contributed by atoms with van der Waals surface area (Å²) >= 11 is 1.49. The van der Waals surface area contributed by atoms with Gasteiger partial charge >= 0.3 is 11.9 Å². The highest BCUT2D eigenvalue weighted by atomic mass is 32.1. The zero-order chi connectivity index (χ0) is 38.8. The highest BCUT2D eigenvalue weighted by Crippen LogP contribution is 2.51. The van der Waals surface area contributed by atoms with Crippen LogP contribution in [0.25, 0.3) is 21.1 Å². The summed E-state index contributed by atoms with van der Waals surface area (Å²) in [5, 5.41) is 21.0. The molecule has 0 atom stereocenters. The summed E-state index contributed by atoms with van der Waals surface area (Å²) in [5.41, 5.74) is 1.66. The maximum absolute atomic E-state index is 12.9. The van der Waals surface area contributed by atoms with Crippen LogP contribution >= 0.6 is 11.3 Å². The lowest BCUT2D eigenvalue weighted by Crippen LogP contribution is -2.12. The number of aromatic carboxylic acids is 2. The normalized spacial score (nSPS) is 13.9. The average Bonchev–Trinajstić information content (AvgIpc) is 3.71. The van der Waals surface area contributed by atoms with E-state index in [9.17, 15) is 19.8 Å². The molecule has 5 heterocycles. The van der Waals surface area contributed by atoms with Crippen molar-refractivity contribution in [1.82, 2.24) is 9.13 Å². The molecule has 0 aromatic carbocycles. The highest BCUT2D eigenvalue weighted by Gasteiger charge is 2.35. The number of hydrogen-bond donors (Lipinski definition) is 2. The van der Waals surface area contributed by atoms with E-state index < -0.39 is 11.9 Å². The Hall–Kier alpha value is -3.60. The zero-order valence-corrected chi connectivity index (χ0v) is 34.4. The smallest absolute Gasteiger partial charge is 0.356 e. The predicted octanol–water partition coefficient (Wildman–Crippen LogP) is 12.2. The van der Waals surface area contributed by atoms with Crippen LogP contribution in [0.3, 0.4) is 0 Å². The molecule has 2 aliphatic heterocycles. The monoisotopic (exact) mass is 782 g/mol. The molecule has 3 aromatic heterocycles. The van der Waals surface area contributed by atoms with E-state index in [2.05, 4.69) is 13.8 Å². The minimum atomic E-state index is -1.04. The fourth-order valence-electron chi connectivity index (χ4n) is 7.96. The highest BCUT2D eigenvalue weighted by molar-refractivity contribution is 7.18. The van der Waals surface area contributed by atoms with Gasteiger partial charge in [0.2, 0.25) is 0 Å². The number of carboxylic acids is 2. The molecule has 55 heavy (non-hydrogen) atoms. The predicted molar refractivity (Wildman–Crippen MR) is 220 cm³/mol. The van der Waals surface area contributed by atoms with Gasteiger partial charge in [-0.05, 0) is 25.0 Å². The van der Waals surface area contributed by atoms with Crippen LogP contribution in [-0.4, -0.2) is 57.7 Å². The van der Waals surface area contributed by atoms with Crippen LogP contribution in [0.2, 0.25) is 0 Å². The Bertz CT molecular complexity index is 1520. The maximum Gasteiger partial charge on any atom is 0.356 e. The molecule has 0 aliphatic carbocycles. The number of ether oxygens (including phenoxy) is 4. The van der Waals surface area contributed by atoms with E-state index in [4.69, 9.17) is 18.9 Å². The van der Waals surface area contributed by atoms with Crippen LogP contribution in [0, 0.1) is 0 Å². The van der Waals surface area contributed by atoms with Crippen LogP contribution in [0.1, 0.15) is 176 Å². The maximum atomic E-state index is 12.9. The van der Waals surface area contributed by atoms with Crippen molar-refractivity contribution >= 4 is 23.3 Å². The van der Waals surface area contributed by atoms with Gasteiger partial charge in [0.05, 0.1) is 36.2 Å². The van der Waals surface area contributed by atoms with Crippen molar-refractivity contribution in [2.75, 3.05) is 26.4 Å². The summed E-state index contributed by atoms with van der Waals surface area (Å²) in [6.07, 6.45) is 25.1. The van der Waals surface area contributed by atoms with Crippen LogP contribution in [0.5, 0.6) is 23.0 Å². The Morgan fingerprint density at radius 3 is 1.15 bits per heavy atom. The summed E-state index contributed by atoms with van der Waals surface area (Å²) in [4.78, 5) is 27.4.